The van der Waals surface area contributed by atoms with E-state index in [1.54, 1.807) is 6.92 Å². The van der Waals surface area contributed by atoms with E-state index < -0.39 is 0 Å². The summed E-state index contributed by atoms with van der Waals surface area (Å²) in [5.41, 5.74) is 4.53. The van der Waals surface area contributed by atoms with Crippen LogP contribution in [0.1, 0.15) is 36.2 Å². The van der Waals surface area contributed by atoms with Crippen LogP contribution in [0.15, 0.2) is 46.9 Å². The van der Waals surface area contributed by atoms with Crippen molar-refractivity contribution in [3.05, 3.63) is 58.1 Å². The molecule has 21 heavy (non-hydrogen) atoms. The Morgan fingerprint density at radius 1 is 1.24 bits per heavy atom. The Labute approximate surface area is 133 Å². The van der Waals surface area contributed by atoms with Crippen LogP contribution >= 0.6 is 15.9 Å². The third kappa shape index (κ3) is 2.62. The van der Waals surface area contributed by atoms with Gasteiger partial charge in [-0.3, -0.25) is 4.79 Å². The second-order valence-electron chi connectivity index (χ2n) is 5.61. The number of ketones is 1. The van der Waals surface area contributed by atoms with Gasteiger partial charge in [-0.2, -0.15) is 0 Å². The zero-order chi connectivity index (χ0) is 15.0. The molecule has 3 heteroatoms. The summed E-state index contributed by atoms with van der Waals surface area (Å²) in [7, 11) is 0. The quantitative estimate of drug-likeness (QED) is 0.705. The Morgan fingerprint density at radius 2 is 2.00 bits per heavy atom. The van der Waals surface area contributed by atoms with Gasteiger partial charge in [0, 0.05) is 27.5 Å². The van der Waals surface area contributed by atoms with Crippen molar-refractivity contribution in [1.29, 1.82) is 0 Å². The van der Waals surface area contributed by atoms with E-state index in [1.165, 1.54) is 11.3 Å². The summed E-state index contributed by atoms with van der Waals surface area (Å²) in [6.07, 6.45) is 2.27. The number of nitrogens with zero attached hydrogens (tertiary/aromatic N) is 1. The van der Waals surface area contributed by atoms with Crippen LogP contribution in [0, 0.1) is 0 Å². The molecule has 2 aromatic carbocycles. The van der Waals surface area contributed by atoms with E-state index in [1.807, 2.05) is 12.1 Å². The topological polar surface area (TPSA) is 20.3 Å². The van der Waals surface area contributed by atoms with Crippen molar-refractivity contribution in [2.45, 2.75) is 32.7 Å². The lowest BCUT2D eigenvalue weighted by Crippen LogP contribution is -2.33. The molecule has 1 heterocycles. The van der Waals surface area contributed by atoms with E-state index in [9.17, 15) is 4.79 Å². The summed E-state index contributed by atoms with van der Waals surface area (Å²) >= 11 is 3.53. The molecular formula is C18H18BrNO. The Balaban J connectivity index is 2.07. The summed E-state index contributed by atoms with van der Waals surface area (Å²) in [6, 6.07) is 15.0. The Bertz CT molecular complexity index is 695. The minimum atomic E-state index is 0.0838. The number of Topliss-reactive ketones (excluding diaryl/α,β-unsaturated/α-hetero) is 1. The molecule has 0 saturated carbocycles. The van der Waals surface area contributed by atoms with Gasteiger partial charge in [0.15, 0.2) is 5.78 Å². The molecule has 0 radical (unpaired) electrons. The van der Waals surface area contributed by atoms with Crippen molar-refractivity contribution >= 4 is 33.1 Å². The first-order valence-electron chi connectivity index (χ1n) is 7.25. The van der Waals surface area contributed by atoms with Gasteiger partial charge in [0.05, 0.1) is 0 Å². The summed E-state index contributed by atoms with van der Waals surface area (Å²) in [4.78, 5) is 13.9. The number of aryl methyl sites for hydroxylation is 1. The lowest BCUT2D eigenvalue weighted by molar-refractivity contribution is 0.101. The number of carbonyl (C=O) groups is 1. The molecule has 1 atom stereocenters. The maximum atomic E-state index is 11.6. The van der Waals surface area contributed by atoms with Crippen molar-refractivity contribution in [2.24, 2.45) is 0 Å². The first-order valence-corrected chi connectivity index (χ1v) is 8.05. The van der Waals surface area contributed by atoms with Gasteiger partial charge in [-0.15, -0.1) is 0 Å². The second kappa shape index (κ2) is 5.64. The van der Waals surface area contributed by atoms with Gasteiger partial charge < -0.3 is 4.90 Å². The zero-order valence-corrected chi connectivity index (χ0v) is 13.9. The van der Waals surface area contributed by atoms with Crippen LogP contribution in [0.4, 0.5) is 11.4 Å². The maximum Gasteiger partial charge on any atom is 0.160 e. The van der Waals surface area contributed by atoms with Gasteiger partial charge in [-0.1, -0.05) is 18.2 Å². The number of fused-ring (bicyclic) bond motifs is 1. The van der Waals surface area contributed by atoms with Gasteiger partial charge in [-0.05, 0) is 72.4 Å². The summed E-state index contributed by atoms with van der Waals surface area (Å²) in [6.45, 7) is 3.85. The Hall–Kier alpha value is -1.61. The third-order valence-corrected chi connectivity index (χ3v) is 4.79. The predicted molar refractivity (Wildman–Crippen MR) is 90.5 cm³/mol. The van der Waals surface area contributed by atoms with Gasteiger partial charge >= 0.3 is 0 Å². The average Bonchev–Trinajstić information content (AvgIpc) is 2.46. The van der Waals surface area contributed by atoms with Gasteiger partial charge in [0.1, 0.15) is 0 Å². The number of carbonyl (C=O) groups excluding carboxylic acids is 1. The number of rotatable bonds is 2. The Morgan fingerprint density at radius 3 is 2.71 bits per heavy atom. The molecule has 0 spiro atoms. The molecule has 0 fully saturated rings. The van der Waals surface area contributed by atoms with Crippen LogP contribution in [0.2, 0.25) is 0 Å². The lowest BCUT2D eigenvalue weighted by Gasteiger charge is -2.37. The van der Waals surface area contributed by atoms with E-state index in [-0.39, 0.29) is 5.78 Å². The molecule has 0 bridgehead atoms. The number of para-hydroxylation sites is 1. The molecule has 0 N–H and O–H groups in total. The molecule has 1 aliphatic rings. The highest BCUT2D eigenvalue weighted by molar-refractivity contribution is 9.10. The van der Waals surface area contributed by atoms with E-state index >= 15 is 0 Å². The molecule has 0 aromatic heterocycles. The second-order valence-corrected chi connectivity index (χ2v) is 6.46. The third-order valence-electron chi connectivity index (χ3n) is 4.13. The Kier molecular flexibility index (Phi) is 3.85. The van der Waals surface area contributed by atoms with E-state index in [2.05, 4.69) is 58.1 Å². The molecular weight excluding hydrogens is 326 g/mol. The smallest absolute Gasteiger partial charge is 0.160 e. The van der Waals surface area contributed by atoms with Crippen molar-refractivity contribution in [3.8, 4) is 0 Å². The highest BCUT2D eigenvalue weighted by atomic mass is 79.9. The van der Waals surface area contributed by atoms with Crippen molar-refractivity contribution < 1.29 is 4.79 Å². The van der Waals surface area contributed by atoms with Gasteiger partial charge in [0.2, 0.25) is 0 Å². The van der Waals surface area contributed by atoms with Gasteiger partial charge in [-0.25, -0.2) is 0 Å². The maximum absolute atomic E-state index is 11.6. The standard InChI is InChI=1S/C18H18BrNO/c1-12-7-8-14-5-3-4-6-18(14)20(12)15-9-10-16(13(2)21)17(19)11-15/h3-6,9-12H,7-8H2,1-2H3. The molecule has 0 amide bonds. The lowest BCUT2D eigenvalue weighted by atomic mass is 9.95. The molecule has 1 aliphatic heterocycles. The number of anilines is 2. The zero-order valence-electron chi connectivity index (χ0n) is 12.3. The normalized spacial score (nSPS) is 17.5. The van der Waals surface area contributed by atoms with Crippen LogP contribution in [-0.2, 0) is 6.42 Å². The minimum absolute atomic E-state index is 0.0838. The number of halogens is 1. The molecule has 108 valence electrons. The summed E-state index contributed by atoms with van der Waals surface area (Å²) in [5.74, 6) is 0.0838. The number of benzene rings is 2. The first-order chi connectivity index (χ1) is 10.1. The molecule has 0 aliphatic carbocycles. The van der Waals surface area contributed by atoms with Crippen LogP contribution in [-0.4, -0.2) is 11.8 Å². The van der Waals surface area contributed by atoms with E-state index in [4.69, 9.17) is 0 Å². The molecule has 0 saturated heterocycles. The first kappa shape index (κ1) is 14.3. The van der Waals surface area contributed by atoms with Gasteiger partial charge in [0.25, 0.3) is 0 Å². The molecule has 2 aromatic rings. The minimum Gasteiger partial charge on any atom is -0.338 e. The molecule has 2 nitrogen and oxygen atoms in total. The largest absolute Gasteiger partial charge is 0.338 e. The fourth-order valence-electron chi connectivity index (χ4n) is 3.02. The highest BCUT2D eigenvalue weighted by Crippen LogP contribution is 2.38. The van der Waals surface area contributed by atoms with E-state index in [0.717, 1.165) is 28.6 Å². The van der Waals surface area contributed by atoms with Crippen molar-refractivity contribution in [2.75, 3.05) is 4.90 Å². The molecule has 1 unspecified atom stereocenters. The SMILES string of the molecule is CC(=O)c1ccc(N2c3ccccc3CCC2C)cc1Br. The monoisotopic (exact) mass is 343 g/mol. The molecule has 3 rings (SSSR count). The van der Waals surface area contributed by atoms with Crippen LogP contribution in [0.5, 0.6) is 0 Å². The summed E-state index contributed by atoms with van der Waals surface area (Å²) < 4.78 is 0.864. The van der Waals surface area contributed by atoms with Crippen molar-refractivity contribution in [3.63, 3.8) is 0 Å². The predicted octanol–water partition coefficient (Wildman–Crippen LogP) is 5.12. The van der Waals surface area contributed by atoms with Crippen LogP contribution in [0.3, 0.4) is 0 Å². The van der Waals surface area contributed by atoms with Crippen molar-refractivity contribution in [1.82, 2.24) is 0 Å². The number of hydrogen-bond donors (Lipinski definition) is 0. The fraction of sp³-hybridized carbons (Fsp3) is 0.278. The summed E-state index contributed by atoms with van der Waals surface area (Å²) in [5, 5.41) is 0. The van der Waals surface area contributed by atoms with Crippen LogP contribution < -0.4 is 4.90 Å². The highest BCUT2D eigenvalue weighted by Gasteiger charge is 2.24. The number of hydrogen-bond acceptors (Lipinski definition) is 2. The van der Waals surface area contributed by atoms with Crippen LogP contribution in [0.25, 0.3) is 0 Å². The fourth-order valence-corrected chi connectivity index (χ4v) is 3.67. The van der Waals surface area contributed by atoms with E-state index in [0.29, 0.717) is 6.04 Å². The average molecular weight is 344 g/mol.